The molecule has 0 saturated carbocycles. The van der Waals surface area contributed by atoms with Gasteiger partial charge in [-0.3, -0.25) is 4.98 Å². The Balaban J connectivity index is 2.36. The Hall–Kier alpha value is -5.11. The summed E-state index contributed by atoms with van der Waals surface area (Å²) in [4.78, 5) is 9.26. The summed E-state index contributed by atoms with van der Waals surface area (Å²) in [5.74, 6) is 0. The second kappa shape index (κ2) is 7.72. The molecule has 7 heteroatoms. The monoisotopic (exact) mass is 398 g/mol. The lowest BCUT2D eigenvalue weighted by atomic mass is 9.98. The molecule has 0 unspecified atom stereocenters. The highest BCUT2D eigenvalue weighted by Crippen LogP contribution is 2.19. The molecule has 7 nitrogen and oxygen atoms in total. The number of aromatic nitrogens is 3. The Bertz CT molecular complexity index is 1640. The van der Waals surface area contributed by atoms with Crippen molar-refractivity contribution in [3.8, 4) is 35.5 Å². The van der Waals surface area contributed by atoms with Gasteiger partial charge in [-0.05, 0) is 10.8 Å². The number of nitriles is 4. The molecule has 2 heterocycles. The van der Waals surface area contributed by atoms with E-state index >= 15 is 0 Å². The molecule has 0 atom stereocenters. The number of nitrogens with zero attached hydrogens (tertiary/aromatic N) is 7. The van der Waals surface area contributed by atoms with E-state index in [2.05, 4.69) is 4.98 Å². The molecule has 0 aliphatic rings. The van der Waals surface area contributed by atoms with Crippen molar-refractivity contribution in [2.45, 2.75) is 0 Å². The van der Waals surface area contributed by atoms with E-state index in [-0.39, 0.29) is 11.1 Å². The first-order valence-corrected chi connectivity index (χ1v) is 9.15. The standard InChI is InChI=1S/C24H12N7/c1-31-8-6-15(7-9-31)20-14-29-23-21(16(10-25)11-26)18-4-2-3-5-19(18)22(24(23)30-20)17(12-27)13-28/h2-9,14H,1H3/q+1. The highest BCUT2D eigenvalue weighted by atomic mass is 14.9. The summed E-state index contributed by atoms with van der Waals surface area (Å²) in [5.41, 5.74) is 1.70. The van der Waals surface area contributed by atoms with Gasteiger partial charge in [0.1, 0.15) is 48.0 Å². The first-order chi connectivity index (χ1) is 15.1. The van der Waals surface area contributed by atoms with E-state index in [0.717, 1.165) is 5.56 Å². The Morgan fingerprint density at radius 3 is 1.81 bits per heavy atom. The molecule has 0 fully saturated rings. The van der Waals surface area contributed by atoms with E-state index in [1.165, 1.54) is 0 Å². The van der Waals surface area contributed by atoms with Crippen LogP contribution in [0.15, 0.2) is 55.0 Å². The van der Waals surface area contributed by atoms with E-state index in [9.17, 15) is 21.0 Å². The van der Waals surface area contributed by atoms with Crippen LogP contribution >= 0.6 is 0 Å². The van der Waals surface area contributed by atoms with Crippen molar-refractivity contribution in [3.63, 3.8) is 0 Å². The van der Waals surface area contributed by atoms with Gasteiger partial charge in [-0.2, -0.15) is 21.0 Å². The summed E-state index contributed by atoms with van der Waals surface area (Å²) < 4.78 is 1.88. The molecule has 0 saturated heterocycles. The molecule has 4 aromatic rings. The van der Waals surface area contributed by atoms with Gasteiger partial charge in [0, 0.05) is 28.1 Å². The number of pyridine rings is 1. The highest BCUT2D eigenvalue weighted by molar-refractivity contribution is 6.03. The lowest BCUT2D eigenvalue weighted by molar-refractivity contribution is -0.671. The second-order valence-electron chi connectivity index (χ2n) is 6.70. The van der Waals surface area contributed by atoms with Crippen molar-refractivity contribution in [2.75, 3.05) is 0 Å². The molecule has 2 aromatic carbocycles. The SMILES string of the molecule is C[n+]1ccc(-c2cnc3c(=C(C#N)C#N)c4ccccc4c(=C(C#N)C#N)c3n2)cc1. The summed E-state index contributed by atoms with van der Waals surface area (Å²) in [7, 11) is 1.90. The van der Waals surface area contributed by atoms with Crippen molar-refractivity contribution >= 4 is 33.0 Å². The topological polar surface area (TPSA) is 125 Å². The first-order valence-electron chi connectivity index (χ1n) is 9.15. The molecule has 142 valence electrons. The molecule has 0 aliphatic heterocycles. The summed E-state index contributed by atoms with van der Waals surface area (Å²) in [6.07, 6.45) is 5.30. The maximum Gasteiger partial charge on any atom is 0.169 e. The number of fused-ring (bicyclic) bond motifs is 2. The second-order valence-corrected chi connectivity index (χ2v) is 6.70. The maximum absolute atomic E-state index is 9.62. The summed E-state index contributed by atoms with van der Waals surface area (Å²) in [6.45, 7) is 0. The van der Waals surface area contributed by atoms with Crippen LogP contribution in [0.2, 0.25) is 0 Å². The van der Waals surface area contributed by atoms with Crippen LogP contribution in [0.1, 0.15) is 0 Å². The Kier molecular flexibility index (Phi) is 4.79. The third-order valence-electron chi connectivity index (χ3n) is 4.93. The molecule has 0 aliphatic carbocycles. The van der Waals surface area contributed by atoms with Gasteiger partial charge in [0.25, 0.3) is 0 Å². The van der Waals surface area contributed by atoms with E-state index in [0.29, 0.717) is 37.9 Å². The summed E-state index contributed by atoms with van der Waals surface area (Å²) in [5, 5.41) is 40.1. The van der Waals surface area contributed by atoms with Crippen molar-refractivity contribution in [1.29, 1.82) is 21.0 Å². The Morgan fingerprint density at radius 1 is 0.774 bits per heavy atom. The van der Waals surface area contributed by atoms with Gasteiger partial charge in [-0.1, -0.05) is 24.3 Å². The molecule has 0 bridgehead atoms. The van der Waals surface area contributed by atoms with Crippen LogP contribution in [0.5, 0.6) is 0 Å². The van der Waals surface area contributed by atoms with E-state index in [1.807, 2.05) is 60.4 Å². The number of rotatable bonds is 1. The predicted molar refractivity (Wildman–Crippen MR) is 112 cm³/mol. The van der Waals surface area contributed by atoms with Crippen LogP contribution < -0.4 is 15.0 Å². The van der Waals surface area contributed by atoms with Gasteiger partial charge in [0.15, 0.2) is 12.4 Å². The molecule has 0 spiro atoms. The van der Waals surface area contributed by atoms with Gasteiger partial charge in [-0.25, -0.2) is 9.55 Å². The van der Waals surface area contributed by atoms with Gasteiger partial charge >= 0.3 is 0 Å². The number of aryl methyl sites for hydroxylation is 1. The Morgan fingerprint density at radius 2 is 1.29 bits per heavy atom. The van der Waals surface area contributed by atoms with E-state index < -0.39 is 0 Å². The fraction of sp³-hybridized carbons (Fsp3) is 0.0417. The third kappa shape index (κ3) is 3.10. The zero-order valence-corrected chi connectivity index (χ0v) is 16.3. The quantitative estimate of drug-likeness (QED) is 0.355. The van der Waals surface area contributed by atoms with Crippen molar-refractivity contribution < 1.29 is 4.57 Å². The zero-order valence-electron chi connectivity index (χ0n) is 16.3. The fourth-order valence-electron chi connectivity index (χ4n) is 3.51. The maximum atomic E-state index is 9.62. The third-order valence-corrected chi connectivity index (χ3v) is 4.93. The molecule has 0 radical (unpaired) electrons. The van der Waals surface area contributed by atoms with Gasteiger partial charge in [-0.15, -0.1) is 0 Å². The van der Waals surface area contributed by atoms with Crippen molar-refractivity contribution in [2.24, 2.45) is 7.05 Å². The van der Waals surface area contributed by atoms with Crippen LogP contribution in [0, 0.1) is 45.3 Å². The summed E-state index contributed by atoms with van der Waals surface area (Å²) in [6, 6.07) is 18.5. The van der Waals surface area contributed by atoms with Crippen molar-refractivity contribution in [3.05, 3.63) is 65.4 Å². The van der Waals surface area contributed by atoms with Crippen LogP contribution in [-0.4, -0.2) is 9.97 Å². The van der Waals surface area contributed by atoms with E-state index in [4.69, 9.17) is 4.98 Å². The molecular weight excluding hydrogens is 386 g/mol. The molecule has 2 aromatic heterocycles. The normalized spacial score (nSPS) is 9.97. The van der Waals surface area contributed by atoms with Crippen molar-refractivity contribution in [1.82, 2.24) is 9.97 Å². The van der Waals surface area contributed by atoms with Crippen LogP contribution in [0.25, 0.3) is 44.2 Å². The minimum absolute atomic E-state index is 0.114. The number of benzene rings is 2. The van der Waals surface area contributed by atoms with Crippen LogP contribution in [-0.2, 0) is 7.05 Å². The average Bonchev–Trinajstić information content (AvgIpc) is 2.81. The van der Waals surface area contributed by atoms with Crippen LogP contribution in [0.4, 0.5) is 0 Å². The number of hydrogen-bond donors (Lipinski definition) is 0. The minimum Gasteiger partial charge on any atom is -0.252 e. The van der Waals surface area contributed by atoms with Gasteiger partial charge in [0.2, 0.25) is 0 Å². The lowest BCUT2D eigenvalue weighted by Crippen LogP contribution is -2.25. The first kappa shape index (κ1) is 19.2. The molecule has 0 amide bonds. The average molecular weight is 398 g/mol. The van der Waals surface area contributed by atoms with Gasteiger partial charge in [0.05, 0.1) is 17.4 Å². The number of hydrogen-bond acceptors (Lipinski definition) is 6. The van der Waals surface area contributed by atoms with Crippen LogP contribution in [0.3, 0.4) is 0 Å². The van der Waals surface area contributed by atoms with E-state index in [1.54, 1.807) is 30.5 Å². The zero-order chi connectivity index (χ0) is 22.0. The van der Waals surface area contributed by atoms with Gasteiger partial charge < -0.3 is 0 Å². The molecule has 4 rings (SSSR count). The highest BCUT2D eigenvalue weighted by Gasteiger charge is 2.15. The summed E-state index contributed by atoms with van der Waals surface area (Å²) >= 11 is 0. The Labute approximate surface area is 176 Å². The smallest absolute Gasteiger partial charge is 0.169 e. The molecule has 0 N–H and O–H groups in total. The molecule has 31 heavy (non-hydrogen) atoms. The lowest BCUT2D eigenvalue weighted by Gasteiger charge is -2.08. The largest absolute Gasteiger partial charge is 0.252 e. The fourth-order valence-corrected chi connectivity index (χ4v) is 3.51. The minimum atomic E-state index is -0.117. The molecular formula is C24H12N7+. The predicted octanol–water partition coefficient (Wildman–Crippen LogP) is 1.67.